The number of aryl methyl sites for hydroxylation is 1. The van der Waals surface area contributed by atoms with Crippen molar-refractivity contribution in [2.75, 3.05) is 5.32 Å². The summed E-state index contributed by atoms with van der Waals surface area (Å²) in [5.41, 5.74) is 0.535. The van der Waals surface area contributed by atoms with Crippen LogP contribution in [0.2, 0.25) is 0 Å². The van der Waals surface area contributed by atoms with Gasteiger partial charge in [0, 0.05) is 12.7 Å². The van der Waals surface area contributed by atoms with E-state index in [-0.39, 0.29) is 5.69 Å². The maximum absolute atomic E-state index is 13.1. The summed E-state index contributed by atoms with van der Waals surface area (Å²) in [6.45, 7) is 0. The van der Waals surface area contributed by atoms with Gasteiger partial charge in [-0.3, -0.25) is 9.48 Å². The van der Waals surface area contributed by atoms with Gasteiger partial charge in [0.1, 0.15) is 16.6 Å². The van der Waals surface area contributed by atoms with Crippen molar-refractivity contribution in [3.05, 3.63) is 78.2 Å². The summed E-state index contributed by atoms with van der Waals surface area (Å²) in [7, 11) is 1.75. The molecular weight excluding hydrogens is 427 g/mol. The van der Waals surface area contributed by atoms with Crippen molar-refractivity contribution in [1.29, 1.82) is 0 Å². The SMILES string of the molecule is Cn1ncc2c(SC(C(=O)Nc3cccc(C(F)(F)F)c3)c3ccccc3)ncnc21. The molecule has 1 N–H and O–H groups in total. The Bertz CT molecular complexity index is 1230. The fraction of sp³-hybridized carbons (Fsp3) is 0.143. The Morgan fingerprint density at radius 1 is 1.10 bits per heavy atom. The Morgan fingerprint density at radius 2 is 1.87 bits per heavy atom. The minimum absolute atomic E-state index is 0.0653. The minimum Gasteiger partial charge on any atom is -0.325 e. The average molecular weight is 443 g/mol. The van der Waals surface area contributed by atoms with Crippen LogP contribution in [0.25, 0.3) is 11.0 Å². The lowest BCUT2D eigenvalue weighted by atomic mass is 10.1. The number of hydrogen-bond acceptors (Lipinski definition) is 5. The molecule has 0 aliphatic rings. The third-order valence-corrected chi connectivity index (χ3v) is 5.79. The molecule has 2 aromatic heterocycles. The standard InChI is InChI=1S/C21H16F3N5OS/c1-29-18-16(11-27-29)20(26-12-25-18)31-17(13-6-3-2-4-7-13)19(30)28-15-9-5-8-14(10-15)21(22,23)24/h2-12,17H,1H3,(H,28,30). The summed E-state index contributed by atoms with van der Waals surface area (Å²) in [6.07, 6.45) is -1.50. The van der Waals surface area contributed by atoms with Crippen LogP contribution < -0.4 is 5.32 Å². The van der Waals surface area contributed by atoms with E-state index in [1.54, 1.807) is 42.2 Å². The van der Waals surface area contributed by atoms with E-state index in [9.17, 15) is 18.0 Å². The number of amides is 1. The molecule has 0 spiro atoms. The molecular formula is C21H16F3N5OS. The number of aromatic nitrogens is 4. The Morgan fingerprint density at radius 3 is 2.61 bits per heavy atom. The fourth-order valence-corrected chi connectivity index (χ4v) is 4.09. The van der Waals surface area contributed by atoms with Crippen molar-refractivity contribution in [2.24, 2.45) is 7.05 Å². The Hall–Kier alpha value is -3.40. The molecule has 0 saturated carbocycles. The highest BCUT2D eigenvalue weighted by Gasteiger charge is 2.31. The van der Waals surface area contributed by atoms with Gasteiger partial charge in [0.2, 0.25) is 5.91 Å². The van der Waals surface area contributed by atoms with Crippen LogP contribution in [0.1, 0.15) is 16.4 Å². The van der Waals surface area contributed by atoms with Gasteiger partial charge in [0.15, 0.2) is 5.65 Å². The van der Waals surface area contributed by atoms with Crippen molar-refractivity contribution in [1.82, 2.24) is 19.7 Å². The smallest absolute Gasteiger partial charge is 0.325 e. The zero-order valence-electron chi connectivity index (χ0n) is 16.2. The van der Waals surface area contributed by atoms with Gasteiger partial charge >= 0.3 is 6.18 Å². The maximum atomic E-state index is 13.1. The van der Waals surface area contributed by atoms with Gasteiger partial charge in [-0.2, -0.15) is 18.3 Å². The van der Waals surface area contributed by atoms with Crippen LogP contribution in [0.15, 0.2) is 72.1 Å². The van der Waals surface area contributed by atoms with E-state index in [0.29, 0.717) is 21.6 Å². The molecule has 0 radical (unpaired) electrons. The van der Waals surface area contributed by atoms with E-state index in [0.717, 1.165) is 12.1 Å². The third kappa shape index (κ3) is 4.53. The lowest BCUT2D eigenvalue weighted by Gasteiger charge is -2.17. The molecule has 0 aliphatic heterocycles. The van der Waals surface area contributed by atoms with Crippen LogP contribution in [0, 0.1) is 0 Å². The van der Waals surface area contributed by atoms with Gasteiger partial charge in [-0.05, 0) is 23.8 Å². The number of carbonyl (C=O) groups is 1. The minimum atomic E-state index is -4.50. The van der Waals surface area contributed by atoms with Gasteiger partial charge in [-0.25, -0.2) is 9.97 Å². The lowest BCUT2D eigenvalue weighted by molar-refractivity contribution is -0.137. The molecule has 31 heavy (non-hydrogen) atoms. The Balaban J connectivity index is 1.67. The first kappa shape index (κ1) is 20.9. The number of carbonyl (C=O) groups excluding carboxylic acids is 1. The monoisotopic (exact) mass is 443 g/mol. The molecule has 0 saturated heterocycles. The summed E-state index contributed by atoms with van der Waals surface area (Å²) in [5, 5.41) is 7.25. The van der Waals surface area contributed by atoms with Crippen LogP contribution in [-0.4, -0.2) is 25.7 Å². The molecule has 4 rings (SSSR count). The first-order valence-electron chi connectivity index (χ1n) is 9.15. The van der Waals surface area contributed by atoms with E-state index >= 15 is 0 Å². The number of rotatable bonds is 5. The quantitative estimate of drug-likeness (QED) is 0.353. The number of nitrogens with one attached hydrogen (secondary N) is 1. The second-order valence-electron chi connectivity index (χ2n) is 6.66. The molecule has 2 heterocycles. The van der Waals surface area contributed by atoms with E-state index < -0.39 is 22.9 Å². The third-order valence-electron chi connectivity index (χ3n) is 4.52. The number of fused-ring (bicyclic) bond motifs is 1. The van der Waals surface area contributed by atoms with Crippen molar-refractivity contribution >= 4 is 34.4 Å². The van der Waals surface area contributed by atoms with Crippen LogP contribution in [0.5, 0.6) is 0 Å². The molecule has 158 valence electrons. The normalized spacial score (nSPS) is 12.6. The van der Waals surface area contributed by atoms with Crippen LogP contribution in [0.4, 0.5) is 18.9 Å². The van der Waals surface area contributed by atoms with E-state index in [2.05, 4.69) is 20.4 Å². The van der Waals surface area contributed by atoms with Gasteiger partial charge < -0.3 is 5.32 Å². The fourth-order valence-electron chi connectivity index (χ4n) is 3.03. The maximum Gasteiger partial charge on any atom is 0.416 e. The predicted molar refractivity (Wildman–Crippen MR) is 111 cm³/mol. The molecule has 10 heteroatoms. The van der Waals surface area contributed by atoms with Gasteiger partial charge in [0.25, 0.3) is 0 Å². The van der Waals surface area contributed by atoms with Crippen molar-refractivity contribution < 1.29 is 18.0 Å². The number of anilines is 1. The van der Waals surface area contributed by atoms with E-state index in [1.165, 1.54) is 30.2 Å². The van der Waals surface area contributed by atoms with E-state index in [1.807, 2.05) is 6.07 Å². The molecule has 6 nitrogen and oxygen atoms in total. The van der Waals surface area contributed by atoms with Crippen LogP contribution >= 0.6 is 11.8 Å². The van der Waals surface area contributed by atoms with Gasteiger partial charge in [-0.15, -0.1) is 0 Å². The highest BCUT2D eigenvalue weighted by molar-refractivity contribution is 8.00. The van der Waals surface area contributed by atoms with Crippen molar-refractivity contribution in [3.63, 3.8) is 0 Å². The zero-order chi connectivity index (χ0) is 22.0. The topological polar surface area (TPSA) is 72.7 Å². The zero-order valence-corrected chi connectivity index (χ0v) is 17.0. The molecule has 0 aliphatic carbocycles. The highest BCUT2D eigenvalue weighted by atomic mass is 32.2. The number of nitrogens with zero attached hydrogens (tertiary/aromatic N) is 4. The van der Waals surface area contributed by atoms with Gasteiger partial charge in [0.05, 0.1) is 17.1 Å². The molecule has 1 atom stereocenters. The first-order valence-corrected chi connectivity index (χ1v) is 10.0. The summed E-state index contributed by atoms with van der Waals surface area (Å²) >= 11 is 1.18. The second-order valence-corrected chi connectivity index (χ2v) is 7.75. The predicted octanol–water partition coefficient (Wildman–Crippen LogP) is 4.85. The number of halogens is 3. The summed E-state index contributed by atoms with van der Waals surface area (Å²) in [6, 6.07) is 13.5. The molecule has 4 aromatic rings. The van der Waals surface area contributed by atoms with E-state index in [4.69, 9.17) is 0 Å². The molecule has 0 fully saturated rings. The Kier molecular flexibility index (Phi) is 5.64. The van der Waals surface area contributed by atoms with Crippen molar-refractivity contribution in [3.8, 4) is 0 Å². The van der Waals surface area contributed by atoms with Gasteiger partial charge in [-0.1, -0.05) is 48.2 Å². The average Bonchev–Trinajstić information content (AvgIpc) is 3.14. The largest absolute Gasteiger partial charge is 0.416 e. The molecule has 1 unspecified atom stereocenters. The molecule has 2 aromatic carbocycles. The number of thioether (sulfide) groups is 1. The number of alkyl halides is 3. The lowest BCUT2D eigenvalue weighted by Crippen LogP contribution is -2.19. The van der Waals surface area contributed by atoms with Crippen molar-refractivity contribution in [2.45, 2.75) is 16.5 Å². The highest BCUT2D eigenvalue weighted by Crippen LogP contribution is 2.38. The Labute approximate surface area is 179 Å². The number of hydrogen-bond donors (Lipinski definition) is 1. The molecule has 0 bridgehead atoms. The molecule has 1 amide bonds. The second kappa shape index (κ2) is 8.38. The summed E-state index contributed by atoms with van der Waals surface area (Å²) in [5.74, 6) is -0.467. The summed E-state index contributed by atoms with van der Waals surface area (Å²) in [4.78, 5) is 21.6. The first-order chi connectivity index (χ1) is 14.8. The summed E-state index contributed by atoms with van der Waals surface area (Å²) < 4.78 is 40.7. The van der Waals surface area contributed by atoms with Crippen LogP contribution in [0.3, 0.4) is 0 Å². The number of benzene rings is 2. The van der Waals surface area contributed by atoms with Crippen LogP contribution in [-0.2, 0) is 18.0 Å².